The topological polar surface area (TPSA) is 58.6 Å². The zero-order chi connectivity index (χ0) is 20.0. The van der Waals surface area contributed by atoms with Gasteiger partial charge in [0.05, 0.1) is 7.11 Å². The Labute approximate surface area is 161 Å². The van der Waals surface area contributed by atoms with Crippen molar-refractivity contribution in [1.82, 2.24) is 0 Å². The smallest absolute Gasteiger partial charge is 0.226 e. The molecular weight excluding hydrogens is 340 g/mol. The highest BCUT2D eigenvalue weighted by Gasteiger charge is 2.16. The minimum absolute atomic E-state index is 0.111. The summed E-state index contributed by atoms with van der Waals surface area (Å²) in [6.45, 7) is 7.99. The van der Waals surface area contributed by atoms with Gasteiger partial charge < -0.3 is 15.0 Å². The van der Waals surface area contributed by atoms with E-state index < -0.39 is 0 Å². The predicted octanol–water partition coefficient (Wildman–Crippen LogP) is 4.51. The summed E-state index contributed by atoms with van der Waals surface area (Å²) < 4.78 is 5.22. The van der Waals surface area contributed by atoms with E-state index in [0.29, 0.717) is 23.9 Å². The average molecular weight is 368 g/mol. The molecule has 0 spiro atoms. The maximum atomic E-state index is 12.5. The van der Waals surface area contributed by atoms with Crippen LogP contribution in [0.1, 0.15) is 44.2 Å². The van der Waals surface area contributed by atoms with Gasteiger partial charge in [0.25, 0.3) is 0 Å². The fourth-order valence-electron chi connectivity index (χ4n) is 3.00. The number of amides is 2. The van der Waals surface area contributed by atoms with Crippen LogP contribution in [-0.4, -0.2) is 25.5 Å². The number of carbonyl (C=O) groups is 2. The maximum Gasteiger partial charge on any atom is 0.226 e. The third-order valence-corrected chi connectivity index (χ3v) is 4.50. The van der Waals surface area contributed by atoms with Gasteiger partial charge in [-0.1, -0.05) is 38.1 Å². The summed E-state index contributed by atoms with van der Waals surface area (Å²) in [4.78, 5) is 26.2. The Kier molecular flexibility index (Phi) is 6.99. The number of nitrogens with one attached hydrogen (secondary N) is 1. The molecule has 144 valence electrons. The molecule has 0 aliphatic heterocycles. The summed E-state index contributed by atoms with van der Waals surface area (Å²) in [7, 11) is 1.58. The quantitative estimate of drug-likeness (QED) is 0.782. The van der Waals surface area contributed by atoms with Crippen LogP contribution in [-0.2, 0) is 9.59 Å². The first-order chi connectivity index (χ1) is 12.8. The standard InChI is InChI=1S/C22H28N2O3/c1-15(2)20-11-6-8-16(3)22(20)23-21(26)12-13-24(17(4)25)18-9-7-10-19(14-18)27-5/h6-11,14-15H,12-13H2,1-5H3,(H,23,26). The lowest BCUT2D eigenvalue weighted by Crippen LogP contribution is -2.32. The minimum Gasteiger partial charge on any atom is -0.497 e. The number of hydrogen-bond donors (Lipinski definition) is 1. The number of para-hydroxylation sites is 1. The number of hydrogen-bond acceptors (Lipinski definition) is 3. The number of methoxy groups -OCH3 is 1. The second-order valence-corrected chi connectivity index (χ2v) is 6.86. The molecule has 0 bridgehead atoms. The zero-order valence-corrected chi connectivity index (χ0v) is 16.7. The number of anilines is 2. The van der Waals surface area contributed by atoms with Gasteiger partial charge in [-0.15, -0.1) is 0 Å². The van der Waals surface area contributed by atoms with Gasteiger partial charge in [-0.2, -0.15) is 0 Å². The van der Waals surface area contributed by atoms with Gasteiger partial charge in [0.2, 0.25) is 11.8 Å². The summed E-state index contributed by atoms with van der Waals surface area (Å²) in [6.07, 6.45) is 0.211. The molecule has 0 unspecified atom stereocenters. The van der Waals surface area contributed by atoms with E-state index in [1.165, 1.54) is 6.92 Å². The van der Waals surface area contributed by atoms with E-state index in [9.17, 15) is 9.59 Å². The van der Waals surface area contributed by atoms with E-state index in [-0.39, 0.29) is 18.2 Å². The van der Waals surface area contributed by atoms with E-state index in [1.54, 1.807) is 18.1 Å². The molecule has 27 heavy (non-hydrogen) atoms. The third kappa shape index (κ3) is 5.33. The highest BCUT2D eigenvalue weighted by molar-refractivity contribution is 5.95. The van der Waals surface area contributed by atoms with Crippen LogP contribution in [0.15, 0.2) is 42.5 Å². The lowest BCUT2D eigenvalue weighted by Gasteiger charge is -2.22. The Hall–Kier alpha value is -2.82. The fourth-order valence-corrected chi connectivity index (χ4v) is 3.00. The molecule has 0 aliphatic carbocycles. The Morgan fingerprint density at radius 1 is 1.15 bits per heavy atom. The van der Waals surface area contributed by atoms with Crippen LogP contribution >= 0.6 is 0 Å². The van der Waals surface area contributed by atoms with Crippen LogP contribution in [0.5, 0.6) is 5.75 Å². The molecule has 0 aromatic heterocycles. The van der Waals surface area contributed by atoms with Gasteiger partial charge in [0.15, 0.2) is 0 Å². The van der Waals surface area contributed by atoms with Crippen LogP contribution in [0, 0.1) is 6.92 Å². The summed E-state index contributed by atoms with van der Waals surface area (Å²) in [5, 5.41) is 3.03. The van der Waals surface area contributed by atoms with Crippen molar-refractivity contribution in [2.45, 2.75) is 40.0 Å². The fraction of sp³-hybridized carbons (Fsp3) is 0.364. The Morgan fingerprint density at radius 3 is 2.48 bits per heavy atom. The number of rotatable bonds is 7. The van der Waals surface area contributed by atoms with Gasteiger partial charge in [0, 0.05) is 37.3 Å². The molecule has 2 aromatic carbocycles. The van der Waals surface area contributed by atoms with Gasteiger partial charge in [-0.25, -0.2) is 0 Å². The molecular formula is C22H28N2O3. The number of aryl methyl sites for hydroxylation is 1. The summed E-state index contributed by atoms with van der Waals surface area (Å²) >= 11 is 0. The van der Waals surface area contributed by atoms with E-state index >= 15 is 0 Å². The van der Waals surface area contributed by atoms with Crippen LogP contribution in [0.4, 0.5) is 11.4 Å². The number of carbonyl (C=O) groups excluding carboxylic acids is 2. The molecule has 5 heteroatoms. The number of nitrogens with zero attached hydrogens (tertiary/aromatic N) is 1. The molecule has 0 radical (unpaired) electrons. The highest BCUT2D eigenvalue weighted by Crippen LogP contribution is 2.27. The van der Waals surface area contributed by atoms with Gasteiger partial charge in [-0.3, -0.25) is 9.59 Å². The van der Waals surface area contributed by atoms with Crippen molar-refractivity contribution in [1.29, 1.82) is 0 Å². The Morgan fingerprint density at radius 2 is 1.85 bits per heavy atom. The summed E-state index contributed by atoms with van der Waals surface area (Å²) in [6, 6.07) is 13.3. The zero-order valence-electron chi connectivity index (χ0n) is 16.7. The lowest BCUT2D eigenvalue weighted by molar-refractivity contribution is -0.117. The van der Waals surface area contributed by atoms with Crippen molar-refractivity contribution in [3.63, 3.8) is 0 Å². The molecule has 0 aliphatic rings. The Balaban J connectivity index is 2.10. The summed E-state index contributed by atoms with van der Waals surface area (Å²) in [5.74, 6) is 0.755. The molecule has 1 N–H and O–H groups in total. The molecule has 2 amide bonds. The second kappa shape index (κ2) is 9.21. The first-order valence-electron chi connectivity index (χ1n) is 9.15. The molecule has 0 atom stereocenters. The number of ether oxygens (including phenoxy) is 1. The van der Waals surface area contributed by atoms with Crippen molar-refractivity contribution >= 4 is 23.2 Å². The molecule has 0 heterocycles. The first kappa shape index (κ1) is 20.5. The van der Waals surface area contributed by atoms with E-state index in [0.717, 1.165) is 16.8 Å². The molecule has 5 nitrogen and oxygen atoms in total. The first-order valence-corrected chi connectivity index (χ1v) is 9.15. The molecule has 2 aromatic rings. The highest BCUT2D eigenvalue weighted by atomic mass is 16.5. The minimum atomic E-state index is -0.116. The molecule has 2 rings (SSSR count). The van der Waals surface area contributed by atoms with Crippen LogP contribution in [0.2, 0.25) is 0 Å². The third-order valence-electron chi connectivity index (χ3n) is 4.50. The van der Waals surface area contributed by atoms with Crippen LogP contribution in [0.3, 0.4) is 0 Å². The van der Waals surface area contributed by atoms with Crippen molar-refractivity contribution in [2.24, 2.45) is 0 Å². The Bertz CT molecular complexity index is 815. The van der Waals surface area contributed by atoms with Crippen molar-refractivity contribution in [3.05, 3.63) is 53.6 Å². The van der Waals surface area contributed by atoms with Crippen LogP contribution in [0.25, 0.3) is 0 Å². The predicted molar refractivity (Wildman–Crippen MR) is 110 cm³/mol. The van der Waals surface area contributed by atoms with Crippen molar-refractivity contribution in [2.75, 3.05) is 23.9 Å². The average Bonchev–Trinajstić information content (AvgIpc) is 2.63. The van der Waals surface area contributed by atoms with Crippen LogP contribution < -0.4 is 15.0 Å². The van der Waals surface area contributed by atoms with Gasteiger partial charge in [-0.05, 0) is 36.1 Å². The molecule has 0 saturated heterocycles. The molecule has 0 saturated carbocycles. The molecule has 0 fully saturated rings. The lowest BCUT2D eigenvalue weighted by atomic mass is 9.98. The van der Waals surface area contributed by atoms with E-state index in [4.69, 9.17) is 4.74 Å². The summed E-state index contributed by atoms with van der Waals surface area (Å²) in [5.41, 5.74) is 3.73. The van der Waals surface area contributed by atoms with Gasteiger partial charge >= 0.3 is 0 Å². The largest absolute Gasteiger partial charge is 0.497 e. The van der Waals surface area contributed by atoms with Crippen molar-refractivity contribution < 1.29 is 14.3 Å². The van der Waals surface area contributed by atoms with E-state index in [2.05, 4.69) is 19.2 Å². The normalized spacial score (nSPS) is 10.6. The number of benzene rings is 2. The maximum absolute atomic E-state index is 12.5. The second-order valence-electron chi connectivity index (χ2n) is 6.86. The van der Waals surface area contributed by atoms with E-state index in [1.807, 2.05) is 43.3 Å². The SMILES string of the molecule is COc1cccc(N(CCC(=O)Nc2c(C)cccc2C(C)C)C(C)=O)c1. The van der Waals surface area contributed by atoms with Gasteiger partial charge in [0.1, 0.15) is 5.75 Å². The monoisotopic (exact) mass is 368 g/mol. The van der Waals surface area contributed by atoms with Crippen molar-refractivity contribution in [3.8, 4) is 5.75 Å².